The van der Waals surface area contributed by atoms with Crippen molar-refractivity contribution in [2.75, 3.05) is 5.73 Å². The average molecular weight is 283 g/mol. The Hall–Kier alpha value is -2.69. The van der Waals surface area contributed by atoms with Crippen LogP contribution in [0, 0.1) is 12.7 Å². The first-order valence-electron chi connectivity index (χ1n) is 6.56. The molecule has 5 heteroatoms. The molecule has 0 atom stereocenters. The highest BCUT2D eigenvalue weighted by Gasteiger charge is 2.11. The summed E-state index contributed by atoms with van der Waals surface area (Å²) < 4.78 is 18.6. The van der Waals surface area contributed by atoms with Crippen LogP contribution in [0.4, 0.5) is 10.1 Å². The number of nitrogens with two attached hydrogens (primary N) is 1. The van der Waals surface area contributed by atoms with Crippen LogP contribution in [0.2, 0.25) is 0 Å². The van der Waals surface area contributed by atoms with Crippen LogP contribution in [-0.4, -0.2) is 10.1 Å². The third kappa shape index (κ3) is 2.76. The quantitative estimate of drug-likeness (QED) is 0.748. The highest BCUT2D eigenvalue weighted by molar-refractivity contribution is 5.57. The molecule has 0 saturated carbocycles. The topological polar surface area (TPSA) is 64.9 Å². The lowest BCUT2D eigenvalue weighted by atomic mass is 10.1. The minimum atomic E-state index is -0.494. The first kappa shape index (κ1) is 13.3. The second-order valence-electron chi connectivity index (χ2n) is 4.86. The van der Waals surface area contributed by atoms with Gasteiger partial charge in [0.15, 0.2) is 5.82 Å². The van der Waals surface area contributed by atoms with Gasteiger partial charge in [-0.25, -0.2) is 4.39 Å². The van der Waals surface area contributed by atoms with E-state index in [4.69, 9.17) is 10.3 Å². The summed E-state index contributed by atoms with van der Waals surface area (Å²) in [5, 5.41) is 3.94. The van der Waals surface area contributed by atoms with E-state index < -0.39 is 5.82 Å². The van der Waals surface area contributed by atoms with Gasteiger partial charge < -0.3 is 10.3 Å². The van der Waals surface area contributed by atoms with Crippen LogP contribution >= 0.6 is 0 Å². The number of hydrogen-bond acceptors (Lipinski definition) is 4. The summed E-state index contributed by atoms with van der Waals surface area (Å²) in [6.45, 7) is 2.03. The second kappa shape index (κ2) is 5.36. The molecule has 0 aliphatic rings. The van der Waals surface area contributed by atoms with Crippen LogP contribution in [-0.2, 0) is 6.42 Å². The predicted octanol–water partition coefficient (Wildman–Crippen LogP) is 3.36. The molecule has 1 aromatic heterocycles. The Labute approximate surface area is 121 Å². The van der Waals surface area contributed by atoms with Gasteiger partial charge in [0.1, 0.15) is 5.82 Å². The minimum Gasteiger partial charge on any atom is -0.396 e. The van der Waals surface area contributed by atoms with Crippen molar-refractivity contribution >= 4 is 5.69 Å². The van der Waals surface area contributed by atoms with Crippen LogP contribution in [0.3, 0.4) is 0 Å². The second-order valence-corrected chi connectivity index (χ2v) is 4.86. The maximum atomic E-state index is 13.5. The summed E-state index contributed by atoms with van der Waals surface area (Å²) in [5.74, 6) is 0.361. The smallest absolute Gasteiger partial charge is 0.258 e. The molecule has 21 heavy (non-hydrogen) atoms. The summed E-state index contributed by atoms with van der Waals surface area (Å²) in [6.07, 6.45) is 0.577. The average Bonchev–Trinajstić information content (AvgIpc) is 2.93. The Bertz CT molecular complexity index is 783. The maximum Gasteiger partial charge on any atom is 0.258 e. The van der Waals surface area contributed by atoms with Gasteiger partial charge in [-0.15, -0.1) is 0 Å². The zero-order chi connectivity index (χ0) is 14.8. The molecule has 1 heterocycles. The van der Waals surface area contributed by atoms with Crippen molar-refractivity contribution in [1.82, 2.24) is 10.1 Å². The van der Waals surface area contributed by atoms with Gasteiger partial charge in [-0.05, 0) is 36.2 Å². The summed E-state index contributed by atoms with van der Waals surface area (Å²) in [6, 6.07) is 12.4. The summed E-state index contributed by atoms with van der Waals surface area (Å²) in [7, 11) is 0. The Morgan fingerprint density at radius 1 is 1.19 bits per heavy atom. The fourth-order valence-corrected chi connectivity index (χ4v) is 2.08. The molecular formula is C16H14FN3O. The lowest BCUT2D eigenvalue weighted by Crippen LogP contribution is -1.94. The lowest BCUT2D eigenvalue weighted by Gasteiger charge is -2.00. The normalized spacial score (nSPS) is 10.8. The highest BCUT2D eigenvalue weighted by atomic mass is 19.1. The molecule has 0 unspecified atom stereocenters. The molecule has 0 fully saturated rings. The van der Waals surface area contributed by atoms with Crippen molar-refractivity contribution in [2.45, 2.75) is 13.3 Å². The lowest BCUT2D eigenvalue weighted by molar-refractivity contribution is 0.423. The molecule has 0 amide bonds. The highest BCUT2D eigenvalue weighted by Crippen LogP contribution is 2.22. The fraction of sp³-hybridized carbons (Fsp3) is 0.125. The molecule has 0 saturated heterocycles. The Balaban J connectivity index is 1.86. The van der Waals surface area contributed by atoms with E-state index in [2.05, 4.69) is 10.1 Å². The first-order valence-corrected chi connectivity index (χ1v) is 6.56. The molecule has 0 aliphatic heterocycles. The van der Waals surface area contributed by atoms with Crippen LogP contribution in [0.1, 0.15) is 17.0 Å². The van der Waals surface area contributed by atoms with E-state index in [1.165, 1.54) is 17.7 Å². The predicted molar refractivity (Wildman–Crippen MR) is 78.1 cm³/mol. The Morgan fingerprint density at radius 3 is 2.76 bits per heavy atom. The molecule has 106 valence electrons. The molecular weight excluding hydrogens is 269 g/mol. The van der Waals surface area contributed by atoms with Crippen molar-refractivity contribution in [2.24, 2.45) is 0 Å². The molecule has 0 aliphatic carbocycles. The van der Waals surface area contributed by atoms with Gasteiger partial charge in [-0.2, -0.15) is 4.98 Å². The number of nitrogens with zero attached hydrogens (tertiary/aromatic N) is 2. The van der Waals surface area contributed by atoms with Gasteiger partial charge >= 0.3 is 0 Å². The number of aryl methyl sites for hydroxylation is 1. The number of nitrogen functional groups attached to an aromatic ring is 1. The molecule has 2 N–H and O–H groups in total. The maximum absolute atomic E-state index is 13.5. The number of anilines is 1. The van der Waals surface area contributed by atoms with Crippen LogP contribution in [0.15, 0.2) is 47.0 Å². The number of hydrogen-bond donors (Lipinski definition) is 1. The summed E-state index contributed by atoms with van der Waals surface area (Å²) in [4.78, 5) is 4.30. The molecule has 3 rings (SSSR count). The third-order valence-corrected chi connectivity index (χ3v) is 3.33. The van der Waals surface area contributed by atoms with E-state index in [1.807, 2.05) is 31.2 Å². The monoisotopic (exact) mass is 283 g/mol. The van der Waals surface area contributed by atoms with Crippen LogP contribution in [0.25, 0.3) is 11.5 Å². The van der Waals surface area contributed by atoms with Crippen molar-refractivity contribution < 1.29 is 8.91 Å². The van der Waals surface area contributed by atoms with Gasteiger partial charge in [-0.1, -0.05) is 29.4 Å². The Kier molecular flexibility index (Phi) is 3.39. The van der Waals surface area contributed by atoms with E-state index >= 15 is 0 Å². The molecule has 2 aromatic carbocycles. The fourth-order valence-electron chi connectivity index (χ4n) is 2.08. The summed E-state index contributed by atoms with van der Waals surface area (Å²) >= 11 is 0. The minimum absolute atomic E-state index is 0.0957. The van der Waals surface area contributed by atoms with Gasteiger partial charge in [0, 0.05) is 12.0 Å². The van der Waals surface area contributed by atoms with Crippen molar-refractivity contribution in [1.29, 1.82) is 0 Å². The van der Waals surface area contributed by atoms with E-state index in [9.17, 15) is 4.39 Å². The van der Waals surface area contributed by atoms with Gasteiger partial charge in [0.05, 0.1) is 5.69 Å². The first-order chi connectivity index (χ1) is 10.1. The number of benzene rings is 2. The van der Waals surface area contributed by atoms with Gasteiger partial charge in [0.2, 0.25) is 0 Å². The van der Waals surface area contributed by atoms with E-state index in [0.29, 0.717) is 17.8 Å². The summed E-state index contributed by atoms with van der Waals surface area (Å²) in [5.41, 5.74) is 8.37. The molecule has 4 nitrogen and oxygen atoms in total. The SMILES string of the molecule is Cc1ccccc1Cc1noc(-c2ccc(N)c(F)c2)n1. The van der Waals surface area contributed by atoms with E-state index in [0.717, 1.165) is 5.56 Å². The third-order valence-electron chi connectivity index (χ3n) is 3.33. The van der Waals surface area contributed by atoms with E-state index in [1.54, 1.807) is 6.07 Å². The molecule has 0 bridgehead atoms. The standard InChI is InChI=1S/C16H14FN3O/c1-10-4-2-3-5-11(10)9-15-19-16(21-20-15)12-6-7-14(18)13(17)8-12/h2-8H,9,18H2,1H3. The molecule has 0 radical (unpaired) electrons. The number of aromatic nitrogens is 2. The zero-order valence-electron chi connectivity index (χ0n) is 11.5. The molecule has 3 aromatic rings. The zero-order valence-corrected chi connectivity index (χ0v) is 11.5. The number of halogens is 1. The number of rotatable bonds is 3. The van der Waals surface area contributed by atoms with Crippen molar-refractivity contribution in [3.63, 3.8) is 0 Å². The van der Waals surface area contributed by atoms with Gasteiger partial charge in [-0.3, -0.25) is 0 Å². The van der Waals surface area contributed by atoms with E-state index in [-0.39, 0.29) is 11.6 Å². The van der Waals surface area contributed by atoms with Gasteiger partial charge in [0.25, 0.3) is 5.89 Å². The largest absolute Gasteiger partial charge is 0.396 e. The van der Waals surface area contributed by atoms with Crippen LogP contribution in [0.5, 0.6) is 0 Å². The van der Waals surface area contributed by atoms with Crippen molar-refractivity contribution in [3.8, 4) is 11.5 Å². The van der Waals surface area contributed by atoms with Crippen LogP contribution < -0.4 is 5.73 Å². The van der Waals surface area contributed by atoms with Crippen molar-refractivity contribution in [3.05, 3.63) is 65.2 Å². The Morgan fingerprint density at radius 2 is 2.00 bits per heavy atom. The molecule has 0 spiro atoms.